The van der Waals surface area contributed by atoms with Gasteiger partial charge in [0.1, 0.15) is 15.8 Å². The maximum Gasteiger partial charge on any atom is 0.267 e. The molecule has 6 rings (SSSR count). The highest BCUT2D eigenvalue weighted by Crippen LogP contribution is 2.36. The third-order valence-electron chi connectivity index (χ3n) is 6.22. The lowest BCUT2D eigenvalue weighted by atomic mass is 10.2. The van der Waals surface area contributed by atoms with Gasteiger partial charge in [-0.1, -0.05) is 36.1 Å². The van der Waals surface area contributed by atoms with Gasteiger partial charge in [0.15, 0.2) is 11.5 Å². The number of anilines is 1. The molecule has 3 aliphatic heterocycles. The quantitative estimate of drug-likeness (QED) is 0.386. The molecule has 2 saturated heterocycles. The minimum atomic E-state index is -0.267. The lowest BCUT2D eigenvalue weighted by Gasteiger charge is -2.15. The molecule has 2 aromatic heterocycles. The van der Waals surface area contributed by atoms with Crippen LogP contribution in [0.25, 0.3) is 11.7 Å². The Morgan fingerprint density at radius 1 is 1.19 bits per heavy atom. The smallest absolute Gasteiger partial charge is 0.267 e. The summed E-state index contributed by atoms with van der Waals surface area (Å²) in [6.45, 7) is 1.74. The monoisotopic (exact) mass is 522 g/mol. The van der Waals surface area contributed by atoms with Crippen LogP contribution in [0.1, 0.15) is 24.0 Å². The summed E-state index contributed by atoms with van der Waals surface area (Å²) in [5.41, 5.74) is 1.42. The van der Waals surface area contributed by atoms with Crippen molar-refractivity contribution in [2.75, 3.05) is 25.3 Å². The molecule has 0 spiro atoms. The fourth-order valence-corrected chi connectivity index (χ4v) is 5.61. The van der Waals surface area contributed by atoms with E-state index in [4.69, 9.17) is 26.4 Å². The van der Waals surface area contributed by atoms with Gasteiger partial charge in [0.05, 0.1) is 23.1 Å². The van der Waals surface area contributed by atoms with Crippen molar-refractivity contribution in [3.63, 3.8) is 0 Å². The molecule has 1 atom stereocenters. The molecule has 0 radical (unpaired) electrons. The lowest BCUT2D eigenvalue weighted by molar-refractivity contribution is -0.122. The molecule has 1 unspecified atom stereocenters. The van der Waals surface area contributed by atoms with E-state index in [1.165, 1.54) is 21.1 Å². The fourth-order valence-electron chi connectivity index (χ4n) is 4.37. The predicted octanol–water partition coefficient (Wildman–Crippen LogP) is 3.42. The Kier molecular flexibility index (Phi) is 6.12. The molecule has 0 aliphatic carbocycles. The van der Waals surface area contributed by atoms with Crippen molar-refractivity contribution in [1.29, 1.82) is 0 Å². The second kappa shape index (κ2) is 9.57. The summed E-state index contributed by atoms with van der Waals surface area (Å²) in [5.74, 6) is 1.48. The van der Waals surface area contributed by atoms with E-state index in [-0.39, 0.29) is 30.9 Å². The molecule has 3 aliphatic rings. The van der Waals surface area contributed by atoms with Gasteiger partial charge in [-0.3, -0.25) is 18.9 Å². The number of fused-ring (bicyclic) bond motifs is 2. The van der Waals surface area contributed by atoms with Gasteiger partial charge in [-0.15, -0.1) is 0 Å². The van der Waals surface area contributed by atoms with Crippen molar-refractivity contribution in [2.24, 2.45) is 0 Å². The van der Waals surface area contributed by atoms with Crippen molar-refractivity contribution >= 4 is 51.7 Å². The van der Waals surface area contributed by atoms with Gasteiger partial charge in [-0.05, 0) is 48.7 Å². The van der Waals surface area contributed by atoms with Crippen molar-refractivity contribution in [3.05, 3.63) is 69.0 Å². The number of thioether (sulfide) groups is 1. The molecule has 3 aromatic rings. The molecule has 184 valence electrons. The van der Waals surface area contributed by atoms with Crippen LogP contribution in [0, 0.1) is 0 Å². The van der Waals surface area contributed by atoms with Crippen LogP contribution < -0.4 is 20.3 Å². The number of hydrogen-bond donors (Lipinski definition) is 1. The van der Waals surface area contributed by atoms with E-state index in [0.717, 1.165) is 25.0 Å². The van der Waals surface area contributed by atoms with Crippen LogP contribution >= 0.6 is 24.0 Å². The van der Waals surface area contributed by atoms with Crippen LogP contribution in [0.5, 0.6) is 11.5 Å². The summed E-state index contributed by atoms with van der Waals surface area (Å²) >= 11 is 6.69. The molecular weight excluding hydrogens is 500 g/mol. The topological polar surface area (TPSA) is 94.4 Å². The normalized spacial score (nSPS) is 20.2. The molecule has 5 heterocycles. The molecule has 0 bridgehead atoms. The Bertz CT molecular complexity index is 1460. The minimum absolute atomic E-state index is 0.0637. The zero-order valence-electron chi connectivity index (χ0n) is 19.1. The minimum Gasteiger partial charge on any atom is -0.454 e. The number of nitrogens with one attached hydrogen (secondary N) is 1. The maximum atomic E-state index is 13.4. The summed E-state index contributed by atoms with van der Waals surface area (Å²) in [4.78, 5) is 33.3. The highest BCUT2D eigenvalue weighted by atomic mass is 32.2. The van der Waals surface area contributed by atoms with Gasteiger partial charge in [0.2, 0.25) is 6.79 Å². The number of thiocarbonyl (C=S) groups is 1. The third kappa shape index (κ3) is 4.34. The zero-order chi connectivity index (χ0) is 24.6. The number of pyridine rings is 1. The van der Waals surface area contributed by atoms with Crippen LogP contribution in [0.2, 0.25) is 0 Å². The Hall–Kier alpha value is -3.41. The maximum absolute atomic E-state index is 13.4. The number of amides is 1. The van der Waals surface area contributed by atoms with Gasteiger partial charge in [-0.25, -0.2) is 4.98 Å². The molecule has 36 heavy (non-hydrogen) atoms. The number of benzene rings is 1. The number of aromatic nitrogens is 2. The molecule has 1 aromatic carbocycles. The zero-order valence-corrected chi connectivity index (χ0v) is 20.8. The SMILES string of the molecule is O=C1/C(=C\c2c(NCC3CCCO3)nc3ccccn3c2=O)SC(=S)N1Cc1ccc2c(c1)OCO2. The first-order chi connectivity index (χ1) is 17.6. The number of carbonyl (C=O) groups is 1. The highest BCUT2D eigenvalue weighted by molar-refractivity contribution is 8.26. The van der Waals surface area contributed by atoms with Gasteiger partial charge < -0.3 is 19.5 Å². The number of ether oxygens (including phenoxy) is 3. The van der Waals surface area contributed by atoms with E-state index in [2.05, 4.69) is 10.3 Å². The Morgan fingerprint density at radius 2 is 2.08 bits per heavy atom. The van der Waals surface area contributed by atoms with Gasteiger partial charge in [-0.2, -0.15) is 0 Å². The van der Waals surface area contributed by atoms with Crippen molar-refractivity contribution in [3.8, 4) is 11.5 Å². The first-order valence-electron chi connectivity index (χ1n) is 11.6. The largest absolute Gasteiger partial charge is 0.454 e. The van der Waals surface area contributed by atoms with Gasteiger partial charge >= 0.3 is 0 Å². The predicted molar refractivity (Wildman–Crippen MR) is 140 cm³/mol. The van der Waals surface area contributed by atoms with E-state index in [9.17, 15) is 9.59 Å². The first kappa shape index (κ1) is 23.0. The fraction of sp³-hybridized carbons (Fsp3) is 0.280. The molecule has 9 nitrogen and oxygen atoms in total. The number of nitrogens with zero attached hydrogens (tertiary/aromatic N) is 3. The van der Waals surface area contributed by atoms with Gasteiger partial charge in [0.25, 0.3) is 11.5 Å². The van der Waals surface area contributed by atoms with E-state index >= 15 is 0 Å². The Labute approximate surface area is 216 Å². The summed E-state index contributed by atoms with van der Waals surface area (Å²) in [6, 6.07) is 10.9. The molecule has 11 heteroatoms. The van der Waals surface area contributed by atoms with E-state index in [1.54, 1.807) is 24.4 Å². The van der Waals surface area contributed by atoms with Crippen molar-refractivity contribution < 1.29 is 19.0 Å². The highest BCUT2D eigenvalue weighted by Gasteiger charge is 2.33. The molecular formula is C25H22N4O5S2. The van der Waals surface area contributed by atoms with Crippen LogP contribution in [0.15, 0.2) is 52.3 Å². The third-order valence-corrected chi connectivity index (χ3v) is 7.59. The Balaban J connectivity index is 1.31. The molecule has 1 N–H and O–H groups in total. The summed E-state index contributed by atoms with van der Waals surface area (Å²) in [7, 11) is 0. The van der Waals surface area contributed by atoms with E-state index in [1.807, 2.05) is 24.3 Å². The number of carbonyl (C=O) groups excluding carboxylic acids is 1. The summed E-state index contributed by atoms with van der Waals surface area (Å²) in [5, 5.41) is 3.28. The summed E-state index contributed by atoms with van der Waals surface area (Å²) in [6.07, 6.45) is 5.28. The summed E-state index contributed by atoms with van der Waals surface area (Å²) < 4.78 is 18.4. The van der Waals surface area contributed by atoms with E-state index < -0.39 is 0 Å². The van der Waals surface area contributed by atoms with Crippen LogP contribution in [0.4, 0.5) is 5.82 Å². The molecule has 0 saturated carbocycles. The lowest BCUT2D eigenvalue weighted by Crippen LogP contribution is -2.27. The molecule has 2 fully saturated rings. The second-order valence-corrected chi connectivity index (χ2v) is 10.3. The average molecular weight is 523 g/mol. The van der Waals surface area contributed by atoms with Crippen molar-refractivity contribution in [2.45, 2.75) is 25.5 Å². The van der Waals surface area contributed by atoms with E-state index in [0.29, 0.717) is 44.3 Å². The van der Waals surface area contributed by atoms with Crippen LogP contribution in [0.3, 0.4) is 0 Å². The second-order valence-electron chi connectivity index (χ2n) is 8.58. The molecule has 1 amide bonds. The number of hydrogen-bond acceptors (Lipinski definition) is 9. The van der Waals surface area contributed by atoms with Crippen LogP contribution in [-0.2, 0) is 16.1 Å². The number of rotatable bonds is 6. The standard InChI is InChI=1S/C25H22N4O5S2/c30-23-17(22(26-12-16-4-3-9-32-16)27-21-5-1-2-8-28(21)23)11-20-24(31)29(25(35)36-20)13-15-6-7-18-19(10-15)34-14-33-18/h1-2,5-8,10-11,16,26H,3-4,9,12-14H2/b20-11+. The first-order valence-corrected chi connectivity index (χ1v) is 12.8. The van der Waals surface area contributed by atoms with Crippen molar-refractivity contribution in [1.82, 2.24) is 14.3 Å². The van der Waals surface area contributed by atoms with Gasteiger partial charge in [0, 0.05) is 19.3 Å². The average Bonchev–Trinajstić information content (AvgIpc) is 3.63. The Morgan fingerprint density at radius 3 is 2.94 bits per heavy atom. The van der Waals surface area contributed by atoms with Crippen LogP contribution in [-0.4, -0.2) is 50.6 Å².